The summed E-state index contributed by atoms with van der Waals surface area (Å²) in [7, 11) is 0. The van der Waals surface area contributed by atoms with E-state index in [4.69, 9.17) is 10.2 Å². The van der Waals surface area contributed by atoms with Crippen LogP contribution in [0.2, 0.25) is 0 Å². The summed E-state index contributed by atoms with van der Waals surface area (Å²) in [4.78, 5) is 12.0. The summed E-state index contributed by atoms with van der Waals surface area (Å²) in [5, 5.41) is 7.73. The molecule has 124 valence electrons. The lowest BCUT2D eigenvalue weighted by atomic mass is 10.0. The van der Waals surface area contributed by atoms with Gasteiger partial charge in [0.25, 0.3) is 5.56 Å². The molecule has 2 aromatic heterocycles. The second kappa shape index (κ2) is 5.90. The van der Waals surface area contributed by atoms with Crippen LogP contribution in [-0.4, -0.2) is 10.2 Å². The molecule has 0 saturated carbocycles. The first-order valence-electron chi connectivity index (χ1n) is 7.71. The zero-order valence-corrected chi connectivity index (χ0v) is 13.1. The van der Waals surface area contributed by atoms with E-state index in [1.807, 2.05) is 0 Å². The summed E-state index contributed by atoms with van der Waals surface area (Å²) in [6.07, 6.45) is 1.92. The minimum Gasteiger partial charge on any atom is -0.464 e. The van der Waals surface area contributed by atoms with E-state index in [0.717, 1.165) is 5.56 Å². The highest BCUT2D eigenvalue weighted by molar-refractivity contribution is 5.93. The fourth-order valence-corrected chi connectivity index (χ4v) is 2.93. The van der Waals surface area contributed by atoms with Crippen LogP contribution in [0.25, 0.3) is 22.1 Å². The van der Waals surface area contributed by atoms with Crippen molar-refractivity contribution in [2.45, 2.75) is 6.42 Å². The molecule has 5 nitrogen and oxygen atoms in total. The van der Waals surface area contributed by atoms with Crippen LogP contribution in [0.1, 0.15) is 11.3 Å². The summed E-state index contributed by atoms with van der Waals surface area (Å²) in [5.41, 5.74) is 7.89. The largest absolute Gasteiger partial charge is 0.464 e. The molecule has 2 aromatic carbocycles. The number of aromatic amines is 1. The third kappa shape index (κ3) is 2.67. The number of fused-ring (bicyclic) bond motifs is 1. The molecule has 0 radical (unpaired) electrons. The maximum atomic E-state index is 14.1. The van der Waals surface area contributed by atoms with Gasteiger partial charge in [0.2, 0.25) is 0 Å². The van der Waals surface area contributed by atoms with E-state index in [2.05, 4.69) is 10.2 Å². The van der Waals surface area contributed by atoms with Crippen molar-refractivity contribution in [3.05, 3.63) is 82.2 Å². The molecular weight excluding hydrogens is 321 g/mol. The molecule has 25 heavy (non-hydrogen) atoms. The van der Waals surface area contributed by atoms with Crippen molar-refractivity contribution >= 4 is 16.5 Å². The van der Waals surface area contributed by atoms with Crippen LogP contribution < -0.4 is 11.3 Å². The van der Waals surface area contributed by atoms with Crippen molar-refractivity contribution in [3.8, 4) is 11.3 Å². The first-order chi connectivity index (χ1) is 12.1. The summed E-state index contributed by atoms with van der Waals surface area (Å²) >= 11 is 0. The highest BCUT2D eigenvalue weighted by Gasteiger charge is 2.12. The van der Waals surface area contributed by atoms with Gasteiger partial charge < -0.3 is 10.2 Å². The maximum Gasteiger partial charge on any atom is 0.274 e. The molecule has 0 spiro atoms. The molecule has 3 N–H and O–H groups in total. The molecule has 4 rings (SSSR count). The molecule has 6 heteroatoms. The number of anilines is 1. The molecule has 0 bridgehead atoms. The van der Waals surface area contributed by atoms with Gasteiger partial charge in [0.1, 0.15) is 11.6 Å². The number of benzene rings is 2. The van der Waals surface area contributed by atoms with E-state index >= 15 is 0 Å². The number of nitrogens with zero attached hydrogens (tertiary/aromatic N) is 1. The van der Waals surface area contributed by atoms with E-state index in [9.17, 15) is 9.18 Å². The Balaban J connectivity index is 1.80. The smallest absolute Gasteiger partial charge is 0.274 e. The van der Waals surface area contributed by atoms with Crippen molar-refractivity contribution in [1.29, 1.82) is 0 Å². The quantitative estimate of drug-likeness (QED) is 0.561. The van der Waals surface area contributed by atoms with Gasteiger partial charge in [-0.15, -0.1) is 0 Å². The SMILES string of the molecule is Nc1cccc2c(Cc3ccc(F)c(-c4ccco4)c3)n[nH]c(=O)c12. The molecular formula is C19H14FN3O2. The van der Waals surface area contributed by atoms with Crippen LogP contribution in [-0.2, 0) is 6.42 Å². The maximum absolute atomic E-state index is 14.1. The fourth-order valence-electron chi connectivity index (χ4n) is 2.93. The third-order valence-electron chi connectivity index (χ3n) is 4.12. The summed E-state index contributed by atoms with van der Waals surface area (Å²) in [6.45, 7) is 0. The van der Waals surface area contributed by atoms with Gasteiger partial charge in [0.15, 0.2) is 0 Å². The first-order valence-corrected chi connectivity index (χ1v) is 7.71. The predicted molar refractivity (Wildman–Crippen MR) is 93.7 cm³/mol. The number of nitrogen functional groups attached to an aromatic ring is 1. The topological polar surface area (TPSA) is 84.9 Å². The molecule has 0 aliphatic heterocycles. The van der Waals surface area contributed by atoms with Gasteiger partial charge in [0, 0.05) is 17.5 Å². The molecule has 0 aliphatic rings. The molecule has 0 atom stereocenters. The average Bonchev–Trinajstić information content (AvgIpc) is 3.13. The Bertz CT molecular complexity index is 1120. The van der Waals surface area contributed by atoms with E-state index in [-0.39, 0.29) is 11.4 Å². The number of rotatable bonds is 3. The fraction of sp³-hybridized carbons (Fsp3) is 0.0526. The Morgan fingerprint density at radius 2 is 2.04 bits per heavy atom. The van der Waals surface area contributed by atoms with E-state index in [1.165, 1.54) is 12.3 Å². The number of halogens is 1. The van der Waals surface area contributed by atoms with Gasteiger partial charge in [-0.05, 0) is 35.9 Å². The van der Waals surface area contributed by atoms with Crippen LogP contribution in [0.4, 0.5) is 10.1 Å². The van der Waals surface area contributed by atoms with Gasteiger partial charge in [0.05, 0.1) is 22.9 Å². The minimum absolute atomic E-state index is 0.327. The Hall–Kier alpha value is -3.41. The van der Waals surface area contributed by atoms with Crippen molar-refractivity contribution in [2.75, 3.05) is 5.73 Å². The summed E-state index contributed by atoms with van der Waals surface area (Å²) in [5.74, 6) is 0.102. The van der Waals surface area contributed by atoms with Gasteiger partial charge in [-0.3, -0.25) is 4.79 Å². The Morgan fingerprint density at radius 1 is 1.16 bits per heavy atom. The van der Waals surface area contributed by atoms with Crippen LogP contribution in [0.3, 0.4) is 0 Å². The third-order valence-corrected chi connectivity index (χ3v) is 4.12. The Kier molecular flexibility index (Phi) is 3.57. The minimum atomic E-state index is -0.359. The summed E-state index contributed by atoms with van der Waals surface area (Å²) in [6, 6.07) is 13.5. The molecule has 0 amide bonds. The van der Waals surface area contributed by atoms with E-state index < -0.39 is 0 Å². The molecule has 4 aromatic rings. The second-order valence-corrected chi connectivity index (χ2v) is 5.74. The van der Waals surface area contributed by atoms with E-state index in [0.29, 0.717) is 39.9 Å². The van der Waals surface area contributed by atoms with Gasteiger partial charge in [-0.25, -0.2) is 9.49 Å². The van der Waals surface area contributed by atoms with Crippen LogP contribution in [0.15, 0.2) is 64.0 Å². The van der Waals surface area contributed by atoms with Crippen LogP contribution >= 0.6 is 0 Å². The lowest BCUT2D eigenvalue weighted by Crippen LogP contribution is -2.13. The molecule has 0 unspecified atom stereocenters. The Morgan fingerprint density at radius 3 is 2.84 bits per heavy atom. The molecule has 0 fully saturated rings. The van der Waals surface area contributed by atoms with Gasteiger partial charge >= 0.3 is 0 Å². The highest BCUT2D eigenvalue weighted by atomic mass is 19.1. The molecule has 0 saturated heterocycles. The van der Waals surface area contributed by atoms with Gasteiger partial charge in [-0.2, -0.15) is 5.10 Å². The summed E-state index contributed by atoms with van der Waals surface area (Å²) < 4.78 is 19.4. The second-order valence-electron chi connectivity index (χ2n) is 5.74. The number of furan rings is 1. The van der Waals surface area contributed by atoms with Crippen molar-refractivity contribution in [2.24, 2.45) is 0 Å². The Labute approximate surface area is 141 Å². The number of hydrogen-bond donors (Lipinski definition) is 2. The average molecular weight is 335 g/mol. The predicted octanol–water partition coefficient (Wildman–Crippen LogP) is 3.50. The van der Waals surface area contributed by atoms with Crippen molar-refractivity contribution in [3.63, 3.8) is 0 Å². The molecule has 2 heterocycles. The standard InChI is InChI=1S/C19H14FN3O2/c20-14-7-6-11(9-13(14)17-5-2-8-25-17)10-16-12-3-1-4-15(21)18(12)19(24)23-22-16/h1-9H,10,21H2,(H,23,24). The zero-order chi connectivity index (χ0) is 17.4. The number of H-pyrrole nitrogens is 1. The lowest BCUT2D eigenvalue weighted by Gasteiger charge is -2.08. The lowest BCUT2D eigenvalue weighted by molar-refractivity contribution is 0.569. The number of nitrogens with two attached hydrogens (primary N) is 1. The number of aromatic nitrogens is 2. The van der Waals surface area contributed by atoms with Crippen LogP contribution in [0.5, 0.6) is 0 Å². The normalized spacial score (nSPS) is 11.1. The highest BCUT2D eigenvalue weighted by Crippen LogP contribution is 2.26. The van der Waals surface area contributed by atoms with Gasteiger partial charge in [-0.1, -0.05) is 18.2 Å². The first kappa shape index (κ1) is 15.1. The number of nitrogens with one attached hydrogen (secondary N) is 1. The van der Waals surface area contributed by atoms with E-state index in [1.54, 1.807) is 42.5 Å². The van der Waals surface area contributed by atoms with Crippen molar-refractivity contribution in [1.82, 2.24) is 10.2 Å². The molecule has 0 aliphatic carbocycles. The zero-order valence-electron chi connectivity index (χ0n) is 13.1. The monoisotopic (exact) mass is 335 g/mol. The van der Waals surface area contributed by atoms with Crippen LogP contribution in [0, 0.1) is 5.82 Å². The number of hydrogen-bond acceptors (Lipinski definition) is 4. The van der Waals surface area contributed by atoms with Crippen molar-refractivity contribution < 1.29 is 8.81 Å².